The van der Waals surface area contributed by atoms with Crippen LogP contribution in [0.5, 0.6) is 0 Å². The molecule has 0 saturated heterocycles. The molecule has 0 aliphatic carbocycles. The van der Waals surface area contributed by atoms with Gasteiger partial charge >= 0.3 is 12.1 Å². The smallest absolute Gasteiger partial charge is 0.407 e. The molecule has 214 valence electrons. The summed E-state index contributed by atoms with van der Waals surface area (Å²) in [6.45, 7) is 9.64. The number of hydrogen-bond donors (Lipinski definition) is 3. The van der Waals surface area contributed by atoms with Crippen molar-refractivity contribution in [1.82, 2.24) is 10.6 Å². The number of nitrogens with one attached hydrogen (secondary N) is 2. The van der Waals surface area contributed by atoms with Crippen molar-refractivity contribution < 1.29 is 19.4 Å². The Hall–Kier alpha value is -3.29. The first kappa shape index (κ1) is 31.2. The molecule has 0 fully saturated rings. The number of carboxylic acid groups (broad SMARTS) is 1. The Bertz CT molecular complexity index is 1100. The van der Waals surface area contributed by atoms with Crippen molar-refractivity contribution in [1.29, 1.82) is 0 Å². The van der Waals surface area contributed by atoms with Gasteiger partial charge < -0.3 is 20.5 Å². The minimum absolute atomic E-state index is 0.0654. The van der Waals surface area contributed by atoms with Crippen LogP contribution in [0.1, 0.15) is 57.7 Å². The number of benzene rings is 3. The number of hydrogen-bond acceptors (Lipinski definition) is 5. The molecule has 3 rings (SSSR count). The largest absolute Gasteiger partial charge is 0.480 e. The quantitative estimate of drug-likeness (QED) is 0.201. The molecule has 0 aliphatic rings. The highest BCUT2D eigenvalue weighted by Gasteiger charge is 2.38. The molecule has 0 aliphatic heterocycles. The molecule has 6 nitrogen and oxygen atoms in total. The van der Waals surface area contributed by atoms with Crippen molar-refractivity contribution >= 4 is 23.8 Å². The Labute approximate surface area is 242 Å². The number of ether oxygens (including phenoxy) is 1. The Balaban J connectivity index is 2.01. The van der Waals surface area contributed by atoms with E-state index in [2.05, 4.69) is 47.0 Å². The number of aliphatic carboxylic acids is 1. The topological polar surface area (TPSA) is 87.7 Å². The maximum atomic E-state index is 12.9. The number of carbonyl (C=O) groups excluding carboxylic acids is 1. The number of rotatable bonds is 13. The third-order valence-electron chi connectivity index (χ3n) is 6.83. The van der Waals surface area contributed by atoms with Gasteiger partial charge in [0.1, 0.15) is 11.6 Å². The summed E-state index contributed by atoms with van der Waals surface area (Å²) in [7, 11) is 0. The van der Waals surface area contributed by atoms with E-state index in [-0.39, 0.29) is 12.5 Å². The lowest BCUT2D eigenvalue weighted by Gasteiger charge is -2.37. The van der Waals surface area contributed by atoms with Gasteiger partial charge in [0.05, 0.1) is 10.8 Å². The summed E-state index contributed by atoms with van der Waals surface area (Å²) in [4.78, 5) is 24.9. The summed E-state index contributed by atoms with van der Waals surface area (Å²) in [5.41, 5.74) is 2.69. The summed E-state index contributed by atoms with van der Waals surface area (Å²) >= 11 is 1.71. The molecule has 0 saturated carbocycles. The molecule has 0 radical (unpaired) electrons. The van der Waals surface area contributed by atoms with Gasteiger partial charge in [0.2, 0.25) is 0 Å². The molecule has 7 heteroatoms. The molecule has 0 spiro atoms. The minimum atomic E-state index is -0.898. The third-order valence-corrected chi connectivity index (χ3v) is 8.54. The van der Waals surface area contributed by atoms with Crippen molar-refractivity contribution in [2.45, 2.75) is 63.5 Å². The van der Waals surface area contributed by atoms with E-state index in [0.29, 0.717) is 5.75 Å². The number of amides is 1. The molecule has 3 aromatic rings. The first-order valence-corrected chi connectivity index (χ1v) is 14.8. The molecule has 0 unspecified atom stereocenters. The van der Waals surface area contributed by atoms with Crippen LogP contribution in [0.25, 0.3) is 0 Å². The van der Waals surface area contributed by atoms with Crippen LogP contribution in [0.3, 0.4) is 0 Å². The highest BCUT2D eigenvalue weighted by atomic mass is 32.2. The lowest BCUT2D eigenvalue weighted by atomic mass is 9.84. The second-order valence-corrected chi connectivity index (χ2v) is 12.3. The zero-order valence-corrected chi connectivity index (χ0v) is 24.9. The second-order valence-electron chi connectivity index (χ2n) is 11.0. The lowest BCUT2D eigenvalue weighted by molar-refractivity contribution is -0.140. The molecule has 3 atom stereocenters. The fourth-order valence-electron chi connectivity index (χ4n) is 4.66. The van der Waals surface area contributed by atoms with Crippen molar-refractivity contribution in [3.8, 4) is 0 Å². The molecular formula is C33H42N2O4S. The summed E-state index contributed by atoms with van der Waals surface area (Å²) in [5, 5.41) is 16.1. The SMILES string of the molecule is CC[C@H](C)[C@H](NC[C@H](CSC(c1ccccc1)(c1ccccc1)c1ccccc1)NC(=O)OC(C)(C)C)C(=O)O. The van der Waals surface area contributed by atoms with Crippen molar-refractivity contribution in [3.05, 3.63) is 108 Å². The summed E-state index contributed by atoms with van der Waals surface area (Å²) < 4.78 is 5.00. The van der Waals surface area contributed by atoms with Crippen LogP contribution in [0.15, 0.2) is 91.0 Å². The molecule has 1 amide bonds. The fourth-order valence-corrected chi connectivity index (χ4v) is 6.22. The van der Waals surface area contributed by atoms with Gasteiger partial charge in [-0.05, 0) is 43.4 Å². The molecule has 3 N–H and O–H groups in total. The maximum Gasteiger partial charge on any atom is 0.407 e. The maximum absolute atomic E-state index is 12.9. The summed E-state index contributed by atoms with van der Waals surface area (Å²) in [6.07, 6.45) is 0.196. The van der Waals surface area contributed by atoms with Crippen LogP contribution in [0.2, 0.25) is 0 Å². The zero-order valence-electron chi connectivity index (χ0n) is 24.1. The Kier molecular flexibility index (Phi) is 11.2. The first-order chi connectivity index (χ1) is 19.1. The lowest BCUT2D eigenvalue weighted by Crippen LogP contribution is -2.51. The average molecular weight is 563 g/mol. The van der Waals surface area contributed by atoms with Gasteiger partial charge in [0, 0.05) is 12.3 Å². The third kappa shape index (κ3) is 8.35. The molecular weight excluding hydrogens is 520 g/mol. The van der Waals surface area contributed by atoms with Crippen molar-refractivity contribution in [2.24, 2.45) is 5.92 Å². The van der Waals surface area contributed by atoms with Crippen LogP contribution in [0.4, 0.5) is 4.79 Å². The van der Waals surface area contributed by atoms with E-state index >= 15 is 0 Å². The van der Waals surface area contributed by atoms with Gasteiger partial charge in [0.15, 0.2) is 0 Å². The van der Waals surface area contributed by atoms with Gasteiger partial charge in [-0.1, -0.05) is 111 Å². The van der Waals surface area contributed by atoms with E-state index in [1.54, 1.807) is 11.8 Å². The monoisotopic (exact) mass is 562 g/mol. The van der Waals surface area contributed by atoms with Gasteiger partial charge in [-0.3, -0.25) is 4.79 Å². The van der Waals surface area contributed by atoms with Gasteiger partial charge in [0.25, 0.3) is 0 Å². The molecule has 0 aromatic heterocycles. The zero-order chi connectivity index (χ0) is 29.2. The standard InChI is InChI=1S/C33H42N2O4S/c1-6-24(2)29(30(36)37)34-22-28(35-31(38)39-32(3,4)5)23-40-33(25-16-10-7-11-17-25,26-18-12-8-13-19-26)27-20-14-9-15-21-27/h7-21,24,28-29,34H,6,22-23H2,1-5H3,(H,35,38)(H,36,37)/t24-,28+,29-/m0/s1. The van der Waals surface area contributed by atoms with Crippen molar-refractivity contribution in [3.63, 3.8) is 0 Å². The first-order valence-electron chi connectivity index (χ1n) is 13.8. The van der Waals surface area contributed by atoms with E-state index in [1.165, 1.54) is 0 Å². The second kappa shape index (κ2) is 14.4. The minimum Gasteiger partial charge on any atom is -0.480 e. The van der Waals surface area contributed by atoms with Crippen molar-refractivity contribution in [2.75, 3.05) is 12.3 Å². The average Bonchev–Trinajstić information content (AvgIpc) is 2.93. The predicted octanol–water partition coefficient (Wildman–Crippen LogP) is 6.69. The molecule has 0 heterocycles. The number of carboxylic acids is 1. The fraction of sp³-hybridized carbons (Fsp3) is 0.394. The number of alkyl carbamates (subject to hydrolysis) is 1. The van der Waals surface area contributed by atoms with E-state index in [0.717, 1.165) is 23.1 Å². The van der Waals surface area contributed by atoms with Gasteiger partial charge in [-0.25, -0.2) is 4.79 Å². The summed E-state index contributed by atoms with van der Waals surface area (Å²) in [6, 6.07) is 29.9. The van der Waals surface area contributed by atoms with Crippen LogP contribution < -0.4 is 10.6 Å². The summed E-state index contributed by atoms with van der Waals surface area (Å²) in [5.74, 6) is -0.466. The Morgan fingerprint density at radius 2 is 1.30 bits per heavy atom. The molecule has 0 bridgehead atoms. The predicted molar refractivity (Wildman–Crippen MR) is 164 cm³/mol. The normalized spacial score (nSPS) is 14.1. The van der Waals surface area contributed by atoms with E-state index in [9.17, 15) is 14.7 Å². The highest BCUT2D eigenvalue weighted by molar-refractivity contribution is 8.00. The van der Waals surface area contributed by atoms with Gasteiger partial charge in [-0.2, -0.15) is 0 Å². The molecule has 3 aromatic carbocycles. The van der Waals surface area contributed by atoms with E-state index in [1.807, 2.05) is 89.2 Å². The van der Waals surface area contributed by atoms with Crippen LogP contribution in [-0.2, 0) is 14.3 Å². The van der Waals surface area contributed by atoms with Crippen LogP contribution >= 0.6 is 11.8 Å². The van der Waals surface area contributed by atoms with Crippen LogP contribution in [-0.4, -0.2) is 47.2 Å². The number of thioether (sulfide) groups is 1. The van der Waals surface area contributed by atoms with Gasteiger partial charge in [-0.15, -0.1) is 11.8 Å². The highest BCUT2D eigenvalue weighted by Crippen LogP contribution is 2.48. The Morgan fingerprint density at radius 3 is 1.68 bits per heavy atom. The van der Waals surface area contributed by atoms with E-state index < -0.39 is 34.5 Å². The number of carbonyl (C=O) groups is 2. The Morgan fingerprint density at radius 1 is 0.850 bits per heavy atom. The van der Waals surface area contributed by atoms with E-state index in [4.69, 9.17) is 4.74 Å². The van der Waals surface area contributed by atoms with Crippen LogP contribution in [0, 0.1) is 5.92 Å². The molecule has 40 heavy (non-hydrogen) atoms.